The van der Waals surface area contributed by atoms with Gasteiger partial charge in [0.1, 0.15) is 0 Å². The van der Waals surface area contributed by atoms with Crippen molar-refractivity contribution in [2.24, 2.45) is 0 Å². The van der Waals surface area contributed by atoms with Crippen LogP contribution in [0, 0.1) is 12.3 Å². The van der Waals surface area contributed by atoms with E-state index in [-0.39, 0.29) is 11.8 Å². The number of rotatable bonds is 5. The fraction of sp³-hybridized carbons (Fsp3) is 0.357. The lowest BCUT2D eigenvalue weighted by Crippen LogP contribution is -2.32. The Kier molecular flexibility index (Phi) is 4.54. The Morgan fingerprint density at radius 1 is 1.56 bits per heavy atom. The van der Waals surface area contributed by atoms with E-state index in [2.05, 4.69) is 16.6 Å². The molecule has 0 aliphatic carbocycles. The number of anilines is 1. The van der Waals surface area contributed by atoms with Gasteiger partial charge >= 0.3 is 0 Å². The number of para-hydroxylation sites is 1. The van der Waals surface area contributed by atoms with Crippen LogP contribution in [-0.4, -0.2) is 30.5 Å². The molecular formula is C14H16N2OS. The second-order valence-electron chi connectivity index (χ2n) is 4.07. The van der Waals surface area contributed by atoms with E-state index in [1.54, 1.807) is 11.8 Å². The number of benzene rings is 1. The van der Waals surface area contributed by atoms with Crippen molar-refractivity contribution in [1.82, 2.24) is 5.32 Å². The van der Waals surface area contributed by atoms with E-state index in [0.29, 0.717) is 18.8 Å². The van der Waals surface area contributed by atoms with Gasteiger partial charge in [0.15, 0.2) is 0 Å². The molecule has 1 aliphatic rings. The fourth-order valence-electron chi connectivity index (χ4n) is 2.02. The summed E-state index contributed by atoms with van der Waals surface area (Å²) in [7, 11) is 0. The van der Waals surface area contributed by atoms with Crippen LogP contribution in [0.25, 0.3) is 0 Å². The van der Waals surface area contributed by atoms with Gasteiger partial charge in [-0.1, -0.05) is 24.1 Å². The molecular weight excluding hydrogens is 244 g/mol. The van der Waals surface area contributed by atoms with Gasteiger partial charge in [-0.25, -0.2) is 0 Å². The molecule has 1 unspecified atom stereocenters. The number of thioether (sulfide) groups is 1. The molecule has 1 atom stereocenters. The van der Waals surface area contributed by atoms with Gasteiger partial charge in [0.05, 0.1) is 11.7 Å². The number of hydrogen-bond donors (Lipinski definition) is 2. The molecule has 1 aromatic rings. The molecule has 0 saturated heterocycles. The zero-order chi connectivity index (χ0) is 12.8. The van der Waals surface area contributed by atoms with E-state index in [1.807, 2.05) is 24.3 Å². The number of hydrogen-bond acceptors (Lipinski definition) is 3. The van der Waals surface area contributed by atoms with Crippen molar-refractivity contribution in [1.29, 1.82) is 0 Å². The minimum absolute atomic E-state index is 0.0705. The highest BCUT2D eigenvalue weighted by atomic mass is 32.2. The SMILES string of the molecule is C#CCSCCNC(=O)C1CNc2ccccc21. The van der Waals surface area contributed by atoms with Crippen molar-refractivity contribution in [3.05, 3.63) is 29.8 Å². The van der Waals surface area contributed by atoms with Crippen molar-refractivity contribution in [3.63, 3.8) is 0 Å². The summed E-state index contributed by atoms with van der Waals surface area (Å²) in [5.41, 5.74) is 2.16. The quantitative estimate of drug-likeness (QED) is 0.625. The first-order valence-corrected chi connectivity index (χ1v) is 7.10. The Morgan fingerprint density at radius 2 is 2.39 bits per heavy atom. The van der Waals surface area contributed by atoms with Gasteiger partial charge in [-0.05, 0) is 11.6 Å². The largest absolute Gasteiger partial charge is 0.384 e. The zero-order valence-corrected chi connectivity index (χ0v) is 10.9. The summed E-state index contributed by atoms with van der Waals surface area (Å²) in [6, 6.07) is 7.95. The van der Waals surface area contributed by atoms with Crippen molar-refractivity contribution < 1.29 is 4.79 Å². The Hall–Kier alpha value is -1.60. The second-order valence-corrected chi connectivity index (χ2v) is 5.17. The molecule has 4 heteroatoms. The first-order chi connectivity index (χ1) is 8.83. The summed E-state index contributed by atoms with van der Waals surface area (Å²) in [6.07, 6.45) is 5.16. The van der Waals surface area contributed by atoms with Crippen LogP contribution in [0.1, 0.15) is 11.5 Å². The lowest BCUT2D eigenvalue weighted by molar-refractivity contribution is -0.122. The van der Waals surface area contributed by atoms with Gasteiger partial charge in [-0.15, -0.1) is 18.2 Å². The molecule has 1 aliphatic heterocycles. The molecule has 1 amide bonds. The van der Waals surface area contributed by atoms with Gasteiger partial charge in [0.2, 0.25) is 5.91 Å². The van der Waals surface area contributed by atoms with Gasteiger partial charge in [0, 0.05) is 24.5 Å². The Bertz CT molecular complexity index is 467. The van der Waals surface area contributed by atoms with Crippen LogP contribution in [0.3, 0.4) is 0 Å². The summed E-state index contributed by atoms with van der Waals surface area (Å²) in [5.74, 6) is 4.14. The normalized spacial score (nSPS) is 16.5. The van der Waals surface area contributed by atoms with Gasteiger partial charge in [0.25, 0.3) is 0 Å². The molecule has 3 nitrogen and oxygen atoms in total. The molecule has 2 rings (SSSR count). The number of amides is 1. The predicted octanol–water partition coefficient (Wildman–Crippen LogP) is 1.68. The highest BCUT2D eigenvalue weighted by Crippen LogP contribution is 2.30. The van der Waals surface area contributed by atoms with Crippen molar-refractivity contribution in [3.8, 4) is 12.3 Å². The molecule has 0 radical (unpaired) electrons. The summed E-state index contributed by atoms with van der Waals surface area (Å²) < 4.78 is 0. The Balaban J connectivity index is 1.83. The van der Waals surface area contributed by atoms with Crippen LogP contribution in [0.15, 0.2) is 24.3 Å². The summed E-state index contributed by atoms with van der Waals surface area (Å²) >= 11 is 1.66. The highest BCUT2D eigenvalue weighted by Gasteiger charge is 2.27. The first-order valence-electron chi connectivity index (χ1n) is 5.94. The van der Waals surface area contributed by atoms with E-state index < -0.39 is 0 Å². The average Bonchev–Trinajstić information content (AvgIpc) is 2.82. The van der Waals surface area contributed by atoms with Gasteiger partial charge in [-0.2, -0.15) is 0 Å². The molecule has 0 saturated carbocycles. The maximum atomic E-state index is 12.0. The number of terminal acetylenes is 1. The maximum Gasteiger partial charge on any atom is 0.229 e. The van der Waals surface area contributed by atoms with Crippen molar-refractivity contribution in [2.75, 3.05) is 29.9 Å². The maximum absolute atomic E-state index is 12.0. The average molecular weight is 260 g/mol. The standard InChI is InChI=1S/C14H16N2OS/c1-2-8-18-9-7-15-14(17)12-10-16-13-6-4-3-5-11(12)13/h1,3-6,12,16H,7-10H2,(H,15,17). The van der Waals surface area contributed by atoms with Crippen LogP contribution in [0.4, 0.5) is 5.69 Å². The molecule has 18 heavy (non-hydrogen) atoms. The zero-order valence-electron chi connectivity index (χ0n) is 10.1. The van der Waals surface area contributed by atoms with Crippen molar-refractivity contribution in [2.45, 2.75) is 5.92 Å². The topological polar surface area (TPSA) is 41.1 Å². The monoisotopic (exact) mass is 260 g/mol. The summed E-state index contributed by atoms with van der Waals surface area (Å²) in [4.78, 5) is 12.0. The Labute approximate surface area is 112 Å². The van der Waals surface area contributed by atoms with E-state index in [1.165, 1.54) is 0 Å². The molecule has 94 valence electrons. The summed E-state index contributed by atoms with van der Waals surface area (Å²) in [6.45, 7) is 1.35. The third-order valence-electron chi connectivity index (χ3n) is 2.88. The molecule has 0 fully saturated rings. The minimum atomic E-state index is -0.0705. The molecule has 1 heterocycles. The highest BCUT2D eigenvalue weighted by molar-refractivity contribution is 7.99. The van der Waals surface area contributed by atoms with E-state index in [0.717, 1.165) is 17.0 Å². The first kappa shape index (κ1) is 12.8. The van der Waals surface area contributed by atoms with Crippen molar-refractivity contribution >= 4 is 23.4 Å². The van der Waals surface area contributed by atoms with Crippen LogP contribution < -0.4 is 10.6 Å². The van der Waals surface area contributed by atoms with Gasteiger partial charge in [-0.3, -0.25) is 4.79 Å². The number of carbonyl (C=O) groups is 1. The number of fused-ring (bicyclic) bond motifs is 1. The lowest BCUT2D eigenvalue weighted by Gasteiger charge is -2.10. The predicted molar refractivity (Wildman–Crippen MR) is 76.8 cm³/mol. The fourth-order valence-corrected chi connectivity index (χ4v) is 2.53. The Morgan fingerprint density at radius 3 is 3.22 bits per heavy atom. The third kappa shape index (κ3) is 2.99. The van der Waals surface area contributed by atoms with E-state index in [4.69, 9.17) is 6.42 Å². The molecule has 0 bridgehead atoms. The van der Waals surface area contributed by atoms with Crippen LogP contribution in [0.2, 0.25) is 0 Å². The van der Waals surface area contributed by atoms with Crippen LogP contribution >= 0.6 is 11.8 Å². The van der Waals surface area contributed by atoms with E-state index in [9.17, 15) is 4.79 Å². The number of nitrogens with one attached hydrogen (secondary N) is 2. The molecule has 0 spiro atoms. The summed E-state index contributed by atoms with van der Waals surface area (Å²) in [5, 5.41) is 6.21. The lowest BCUT2D eigenvalue weighted by atomic mass is 10.0. The van der Waals surface area contributed by atoms with Crippen LogP contribution in [0.5, 0.6) is 0 Å². The minimum Gasteiger partial charge on any atom is -0.384 e. The van der Waals surface area contributed by atoms with E-state index >= 15 is 0 Å². The smallest absolute Gasteiger partial charge is 0.229 e. The molecule has 1 aromatic carbocycles. The third-order valence-corrected chi connectivity index (χ3v) is 3.74. The van der Waals surface area contributed by atoms with Gasteiger partial charge < -0.3 is 10.6 Å². The molecule has 2 N–H and O–H groups in total. The molecule has 0 aromatic heterocycles. The number of carbonyl (C=O) groups excluding carboxylic acids is 1. The second kappa shape index (κ2) is 6.36. The van der Waals surface area contributed by atoms with Crippen LogP contribution in [-0.2, 0) is 4.79 Å².